The number of amides is 1. The standard InChI is InChI=1S/C33H27ClN6O/c1-2-31-35-15-16-40(31)26-12-8-11-24(17-26)21-39-22-25(18-30(39)33(41)36-19-23-9-4-3-5-10-23)32-28(20-37-38-32)27-13-6-7-14-29(27)34/h2-18,20,22H,1,19,21H2,(H,36,41)(H,37,38). The fourth-order valence-corrected chi connectivity index (χ4v) is 5.15. The van der Waals surface area contributed by atoms with Crippen molar-refractivity contribution in [3.8, 4) is 28.1 Å². The lowest BCUT2D eigenvalue weighted by Crippen LogP contribution is -2.25. The fraction of sp³-hybridized carbons (Fsp3) is 0.0606. The molecule has 0 fully saturated rings. The van der Waals surface area contributed by atoms with E-state index in [0.717, 1.165) is 45.0 Å². The highest BCUT2D eigenvalue weighted by molar-refractivity contribution is 6.33. The van der Waals surface area contributed by atoms with Crippen molar-refractivity contribution >= 4 is 23.6 Å². The van der Waals surface area contributed by atoms with Crippen molar-refractivity contribution in [1.82, 2.24) is 29.6 Å². The van der Waals surface area contributed by atoms with Crippen molar-refractivity contribution in [1.29, 1.82) is 0 Å². The summed E-state index contributed by atoms with van der Waals surface area (Å²) in [6, 6.07) is 27.6. The van der Waals surface area contributed by atoms with Gasteiger partial charge in [0.05, 0.1) is 11.9 Å². The van der Waals surface area contributed by atoms with Gasteiger partial charge in [0.25, 0.3) is 5.91 Å². The van der Waals surface area contributed by atoms with E-state index in [0.29, 0.717) is 23.8 Å². The first-order valence-corrected chi connectivity index (χ1v) is 13.5. The average molecular weight is 559 g/mol. The summed E-state index contributed by atoms with van der Waals surface area (Å²) in [5.41, 5.74) is 6.91. The van der Waals surface area contributed by atoms with Crippen LogP contribution in [0.2, 0.25) is 5.02 Å². The Morgan fingerprint density at radius 1 is 0.976 bits per heavy atom. The first-order chi connectivity index (χ1) is 20.1. The van der Waals surface area contributed by atoms with E-state index in [1.54, 1.807) is 18.5 Å². The molecular formula is C33H27ClN6O. The van der Waals surface area contributed by atoms with Gasteiger partial charge in [0.15, 0.2) is 0 Å². The number of halogens is 1. The quantitative estimate of drug-likeness (QED) is 0.200. The Bertz CT molecular complexity index is 1830. The van der Waals surface area contributed by atoms with Gasteiger partial charge in [-0.1, -0.05) is 78.8 Å². The lowest BCUT2D eigenvalue weighted by Gasteiger charge is -2.12. The molecule has 0 saturated carbocycles. The average Bonchev–Trinajstić information content (AvgIpc) is 3.77. The summed E-state index contributed by atoms with van der Waals surface area (Å²) in [5.74, 6) is 0.594. The Morgan fingerprint density at radius 2 is 1.78 bits per heavy atom. The molecule has 202 valence electrons. The van der Waals surface area contributed by atoms with Crippen LogP contribution in [-0.2, 0) is 13.1 Å². The van der Waals surface area contributed by atoms with Crippen LogP contribution in [0, 0.1) is 0 Å². The van der Waals surface area contributed by atoms with Gasteiger partial charge in [0.2, 0.25) is 0 Å². The van der Waals surface area contributed by atoms with Gasteiger partial charge >= 0.3 is 0 Å². The smallest absolute Gasteiger partial charge is 0.268 e. The summed E-state index contributed by atoms with van der Waals surface area (Å²) in [7, 11) is 0. The second kappa shape index (κ2) is 11.5. The highest BCUT2D eigenvalue weighted by atomic mass is 35.5. The Balaban J connectivity index is 1.37. The predicted octanol–water partition coefficient (Wildman–Crippen LogP) is 7.01. The molecule has 6 rings (SSSR count). The molecule has 7 nitrogen and oxygen atoms in total. The molecular weight excluding hydrogens is 532 g/mol. The molecule has 0 aliphatic carbocycles. The normalized spacial score (nSPS) is 11.0. The topological polar surface area (TPSA) is 80.5 Å². The van der Waals surface area contributed by atoms with Crippen LogP contribution < -0.4 is 5.32 Å². The van der Waals surface area contributed by atoms with Crippen molar-refractivity contribution in [2.24, 2.45) is 0 Å². The maximum atomic E-state index is 13.6. The number of H-pyrrole nitrogens is 1. The molecule has 0 bridgehead atoms. The Labute approximate surface area is 242 Å². The Hall–Kier alpha value is -5.14. The van der Waals surface area contributed by atoms with E-state index in [2.05, 4.69) is 33.1 Å². The zero-order valence-electron chi connectivity index (χ0n) is 22.2. The van der Waals surface area contributed by atoms with Crippen LogP contribution in [0.25, 0.3) is 34.1 Å². The van der Waals surface area contributed by atoms with Crippen molar-refractivity contribution in [3.63, 3.8) is 0 Å². The van der Waals surface area contributed by atoms with Gasteiger partial charge in [-0.15, -0.1) is 0 Å². The molecule has 3 heterocycles. The number of nitrogens with one attached hydrogen (secondary N) is 2. The van der Waals surface area contributed by atoms with Crippen LogP contribution >= 0.6 is 11.6 Å². The predicted molar refractivity (Wildman–Crippen MR) is 163 cm³/mol. The maximum absolute atomic E-state index is 13.6. The van der Waals surface area contributed by atoms with Crippen molar-refractivity contribution in [2.45, 2.75) is 13.1 Å². The summed E-state index contributed by atoms with van der Waals surface area (Å²) >= 11 is 6.52. The zero-order chi connectivity index (χ0) is 28.2. The van der Waals surface area contributed by atoms with E-state index >= 15 is 0 Å². The zero-order valence-corrected chi connectivity index (χ0v) is 22.9. The van der Waals surface area contributed by atoms with Crippen LogP contribution in [-0.4, -0.2) is 30.2 Å². The molecule has 6 aromatic rings. The Kier molecular flexibility index (Phi) is 7.34. The van der Waals surface area contributed by atoms with E-state index < -0.39 is 0 Å². The number of carbonyl (C=O) groups is 1. The lowest BCUT2D eigenvalue weighted by molar-refractivity contribution is 0.0942. The highest BCUT2D eigenvalue weighted by Gasteiger charge is 2.19. The van der Waals surface area contributed by atoms with Crippen molar-refractivity contribution in [2.75, 3.05) is 0 Å². The van der Waals surface area contributed by atoms with E-state index in [-0.39, 0.29) is 5.91 Å². The Morgan fingerprint density at radius 3 is 2.61 bits per heavy atom. The number of nitrogens with zero attached hydrogens (tertiary/aromatic N) is 4. The number of hydrogen-bond acceptors (Lipinski definition) is 3. The van der Waals surface area contributed by atoms with Crippen LogP contribution in [0.4, 0.5) is 0 Å². The van der Waals surface area contributed by atoms with Gasteiger partial charge in [-0.25, -0.2) is 4.98 Å². The maximum Gasteiger partial charge on any atom is 0.268 e. The molecule has 3 aromatic carbocycles. The molecule has 2 N–H and O–H groups in total. The number of carbonyl (C=O) groups excluding carboxylic acids is 1. The van der Waals surface area contributed by atoms with Crippen LogP contribution in [0.1, 0.15) is 27.4 Å². The van der Waals surface area contributed by atoms with Gasteiger partial charge in [0.1, 0.15) is 11.5 Å². The summed E-state index contributed by atoms with van der Waals surface area (Å²) < 4.78 is 3.94. The lowest BCUT2D eigenvalue weighted by atomic mass is 10.0. The minimum atomic E-state index is -0.168. The molecule has 0 atom stereocenters. The summed E-state index contributed by atoms with van der Waals surface area (Å²) in [4.78, 5) is 17.9. The van der Waals surface area contributed by atoms with Crippen LogP contribution in [0.5, 0.6) is 0 Å². The second-order valence-corrected chi connectivity index (χ2v) is 9.99. The van der Waals surface area contributed by atoms with Crippen molar-refractivity contribution in [3.05, 3.63) is 144 Å². The molecule has 8 heteroatoms. The summed E-state index contributed by atoms with van der Waals surface area (Å²) in [6.45, 7) is 4.77. The monoisotopic (exact) mass is 558 g/mol. The molecule has 41 heavy (non-hydrogen) atoms. The number of aromatic nitrogens is 5. The van der Waals surface area contributed by atoms with Crippen molar-refractivity contribution < 1.29 is 4.79 Å². The molecule has 0 spiro atoms. The van der Waals surface area contributed by atoms with Crippen LogP contribution in [0.15, 0.2) is 116 Å². The molecule has 0 aliphatic heterocycles. The number of aromatic amines is 1. The third-order valence-corrected chi connectivity index (χ3v) is 7.24. The summed E-state index contributed by atoms with van der Waals surface area (Å²) in [5, 5.41) is 11.1. The molecule has 0 radical (unpaired) electrons. The minimum absolute atomic E-state index is 0.168. The van der Waals surface area contributed by atoms with Gasteiger partial charge in [-0.05, 0) is 41.5 Å². The number of imidazole rings is 1. The van der Waals surface area contributed by atoms with Crippen LogP contribution in [0.3, 0.4) is 0 Å². The minimum Gasteiger partial charge on any atom is -0.347 e. The fourth-order valence-electron chi connectivity index (χ4n) is 4.91. The number of hydrogen-bond donors (Lipinski definition) is 2. The molecule has 3 aromatic heterocycles. The van der Waals surface area contributed by atoms with E-state index in [4.69, 9.17) is 11.6 Å². The number of benzene rings is 3. The molecule has 0 saturated heterocycles. The molecule has 0 aliphatic rings. The van der Waals surface area contributed by atoms with E-state index in [1.807, 2.05) is 100 Å². The van der Waals surface area contributed by atoms with Gasteiger partial charge < -0.3 is 14.5 Å². The van der Waals surface area contributed by atoms with Gasteiger partial charge in [-0.2, -0.15) is 5.10 Å². The van der Waals surface area contributed by atoms with E-state index in [9.17, 15) is 4.79 Å². The highest BCUT2D eigenvalue weighted by Crippen LogP contribution is 2.35. The largest absolute Gasteiger partial charge is 0.347 e. The SMILES string of the molecule is C=Cc1nccn1-c1cccc(Cn2cc(-c3[nH]ncc3-c3ccccc3Cl)cc2C(=O)NCc2ccccc2)c1. The van der Waals surface area contributed by atoms with Gasteiger partial charge in [0, 0.05) is 59.1 Å². The van der Waals surface area contributed by atoms with E-state index in [1.165, 1.54) is 0 Å². The number of rotatable bonds is 9. The molecule has 0 unspecified atom stereocenters. The molecule has 1 amide bonds. The summed E-state index contributed by atoms with van der Waals surface area (Å²) in [6.07, 6.45) is 9.11. The third-order valence-electron chi connectivity index (χ3n) is 6.91. The first kappa shape index (κ1) is 26.1. The van der Waals surface area contributed by atoms with Gasteiger partial charge in [-0.3, -0.25) is 9.89 Å². The third kappa shape index (κ3) is 5.48. The second-order valence-electron chi connectivity index (χ2n) is 9.58. The first-order valence-electron chi connectivity index (χ1n) is 13.2.